The molecule has 25 heavy (non-hydrogen) atoms. The van der Waals surface area contributed by atoms with Gasteiger partial charge in [0.15, 0.2) is 14.2 Å². The first-order valence-electron chi connectivity index (χ1n) is 7.04. The highest BCUT2D eigenvalue weighted by Crippen LogP contribution is 2.35. The number of benzene rings is 1. The van der Waals surface area contributed by atoms with Crippen molar-refractivity contribution in [3.8, 4) is 5.00 Å². The average molecular weight is 410 g/mol. The summed E-state index contributed by atoms with van der Waals surface area (Å²) >= 11 is 4.38. The van der Waals surface area contributed by atoms with E-state index in [9.17, 15) is 8.42 Å². The van der Waals surface area contributed by atoms with Crippen molar-refractivity contribution in [3.05, 3.63) is 35.2 Å². The normalized spacial score (nSPS) is 12.1. The molecule has 0 atom stereocenters. The van der Waals surface area contributed by atoms with Crippen LogP contribution in [-0.4, -0.2) is 39.9 Å². The summed E-state index contributed by atoms with van der Waals surface area (Å²) in [5.74, 6) is 0. The van der Waals surface area contributed by atoms with Crippen LogP contribution in [0, 0.1) is 6.92 Å². The fourth-order valence-corrected chi connectivity index (χ4v) is 5.74. The Morgan fingerprint density at radius 3 is 2.72 bits per heavy atom. The molecule has 0 amide bonds. The van der Waals surface area contributed by atoms with E-state index in [-0.39, 0.29) is 0 Å². The highest BCUT2D eigenvalue weighted by molar-refractivity contribution is 8.01. The summed E-state index contributed by atoms with van der Waals surface area (Å²) in [6, 6.07) is 8.93. The van der Waals surface area contributed by atoms with Gasteiger partial charge in [-0.05, 0) is 59.4 Å². The van der Waals surface area contributed by atoms with Gasteiger partial charge in [0.1, 0.15) is 5.00 Å². The number of sulfone groups is 1. The van der Waals surface area contributed by atoms with Crippen molar-refractivity contribution in [3.63, 3.8) is 0 Å². The van der Waals surface area contributed by atoms with Crippen LogP contribution in [-0.2, 0) is 9.84 Å². The van der Waals surface area contributed by atoms with Crippen molar-refractivity contribution in [2.45, 2.75) is 21.3 Å². The second kappa shape index (κ2) is 6.16. The number of rotatable bonds is 4. The second-order valence-corrected chi connectivity index (χ2v) is 10.8. The summed E-state index contributed by atoms with van der Waals surface area (Å²) in [7, 11) is -3.24. The maximum Gasteiger partial charge on any atom is 0.221 e. The van der Waals surface area contributed by atoms with Crippen molar-refractivity contribution in [1.82, 2.24) is 25.2 Å². The van der Waals surface area contributed by atoms with Gasteiger partial charge >= 0.3 is 0 Å². The Morgan fingerprint density at radius 1 is 1.16 bits per heavy atom. The Hall–Kier alpha value is -1.82. The predicted molar refractivity (Wildman–Crippen MR) is 98.6 cm³/mol. The molecule has 11 heteroatoms. The fourth-order valence-electron chi connectivity index (χ4n) is 2.15. The minimum absolute atomic E-state index is 0.291. The first kappa shape index (κ1) is 16.6. The third-order valence-electron chi connectivity index (χ3n) is 3.32. The molecule has 0 aliphatic carbocycles. The molecule has 0 fully saturated rings. The highest BCUT2D eigenvalue weighted by atomic mass is 32.2. The number of aromatic nitrogens is 5. The van der Waals surface area contributed by atoms with Gasteiger partial charge in [-0.25, -0.2) is 13.4 Å². The Bertz CT molecular complexity index is 1170. The summed E-state index contributed by atoms with van der Waals surface area (Å²) in [6.45, 7) is 2.03. The molecule has 128 valence electrons. The molecule has 0 N–H and O–H groups in total. The summed E-state index contributed by atoms with van der Waals surface area (Å²) in [5, 5.41) is 13.4. The van der Waals surface area contributed by atoms with Crippen LogP contribution in [0.5, 0.6) is 0 Å². The lowest BCUT2D eigenvalue weighted by Crippen LogP contribution is -1.95. The van der Waals surface area contributed by atoms with Crippen LogP contribution in [0.25, 0.3) is 15.2 Å². The number of hydrogen-bond acceptors (Lipinski definition) is 9. The van der Waals surface area contributed by atoms with Crippen molar-refractivity contribution >= 4 is 54.5 Å². The first-order valence-corrected chi connectivity index (χ1v) is 11.4. The van der Waals surface area contributed by atoms with Crippen LogP contribution >= 0.6 is 34.4 Å². The van der Waals surface area contributed by atoms with Crippen LogP contribution in [0.3, 0.4) is 0 Å². The predicted octanol–water partition coefficient (Wildman–Crippen LogP) is 3.20. The number of nitrogens with zero attached hydrogens (tertiary/aromatic N) is 5. The summed E-state index contributed by atoms with van der Waals surface area (Å²) in [5.41, 5.74) is 0.755. The van der Waals surface area contributed by atoms with Crippen LogP contribution in [0.2, 0.25) is 0 Å². The number of tetrazole rings is 1. The Kier molecular flexibility index (Phi) is 4.10. The molecule has 3 heterocycles. The molecule has 0 aliphatic rings. The summed E-state index contributed by atoms with van der Waals surface area (Å²) in [4.78, 5) is 6.00. The van der Waals surface area contributed by atoms with Gasteiger partial charge in [-0.15, -0.1) is 27.8 Å². The van der Waals surface area contributed by atoms with E-state index in [2.05, 4.69) is 20.5 Å². The molecule has 0 bridgehead atoms. The van der Waals surface area contributed by atoms with Gasteiger partial charge in [-0.1, -0.05) is 0 Å². The fraction of sp³-hybridized carbons (Fsp3) is 0.143. The minimum Gasteiger partial charge on any atom is -0.229 e. The van der Waals surface area contributed by atoms with Gasteiger partial charge in [-0.3, -0.25) is 0 Å². The number of hydrogen-bond donors (Lipinski definition) is 0. The largest absolute Gasteiger partial charge is 0.229 e. The third-order valence-corrected chi connectivity index (χ3v) is 7.43. The quantitative estimate of drug-likeness (QED) is 0.511. The molecule has 3 aromatic heterocycles. The Morgan fingerprint density at radius 2 is 2.00 bits per heavy atom. The highest BCUT2D eigenvalue weighted by Gasteiger charge is 2.15. The first-order chi connectivity index (χ1) is 11.9. The maximum absolute atomic E-state index is 11.7. The molecule has 4 aromatic rings. The van der Waals surface area contributed by atoms with Gasteiger partial charge in [0, 0.05) is 11.1 Å². The molecule has 0 saturated heterocycles. The molecule has 7 nitrogen and oxygen atoms in total. The van der Waals surface area contributed by atoms with Crippen molar-refractivity contribution in [1.29, 1.82) is 0 Å². The topological polar surface area (TPSA) is 90.6 Å². The molecule has 1 aromatic carbocycles. The summed E-state index contributed by atoms with van der Waals surface area (Å²) in [6.07, 6.45) is 1.20. The molecule has 0 saturated carbocycles. The SMILES string of the molecule is Cc1ccc(-n2nnnc2Sc2nc3ccc(S(C)(=O)=O)cc3s2)s1. The summed E-state index contributed by atoms with van der Waals surface area (Å²) < 4.78 is 26.6. The van der Waals surface area contributed by atoms with Crippen LogP contribution in [0.4, 0.5) is 0 Å². The molecule has 0 spiro atoms. The van der Waals surface area contributed by atoms with Gasteiger partial charge in [0.2, 0.25) is 5.16 Å². The molecular weight excluding hydrogens is 398 g/mol. The molecule has 0 aliphatic heterocycles. The van der Waals surface area contributed by atoms with Crippen LogP contribution < -0.4 is 0 Å². The van der Waals surface area contributed by atoms with E-state index in [1.54, 1.807) is 34.2 Å². The molecule has 4 rings (SSSR count). The third kappa shape index (κ3) is 3.32. The van der Waals surface area contributed by atoms with E-state index in [0.717, 1.165) is 19.6 Å². The standard InChI is InChI=1S/C14H11N5O2S4/c1-8-3-6-12(22-8)19-13(16-17-18-19)24-14-15-10-5-4-9(25(2,20)21)7-11(10)23-14/h3-7H,1-2H3. The lowest BCUT2D eigenvalue weighted by Gasteiger charge is -1.98. The van der Waals surface area contributed by atoms with E-state index in [1.165, 1.54) is 34.2 Å². The van der Waals surface area contributed by atoms with E-state index in [4.69, 9.17) is 0 Å². The van der Waals surface area contributed by atoms with Crippen molar-refractivity contribution in [2.75, 3.05) is 6.26 Å². The lowest BCUT2D eigenvalue weighted by molar-refractivity contribution is 0.602. The number of fused-ring (bicyclic) bond motifs is 1. The number of thiophene rings is 1. The molecule has 0 radical (unpaired) electrons. The molecule has 0 unspecified atom stereocenters. The average Bonchev–Trinajstić information content (AvgIpc) is 3.24. The second-order valence-electron chi connectivity index (χ2n) is 5.24. The smallest absolute Gasteiger partial charge is 0.221 e. The van der Waals surface area contributed by atoms with Crippen molar-refractivity contribution in [2.24, 2.45) is 0 Å². The van der Waals surface area contributed by atoms with E-state index >= 15 is 0 Å². The van der Waals surface area contributed by atoms with E-state index in [1.807, 2.05) is 19.1 Å². The molecular formula is C14H11N5O2S4. The van der Waals surface area contributed by atoms with Gasteiger partial charge in [0.25, 0.3) is 0 Å². The number of thiazole rings is 1. The van der Waals surface area contributed by atoms with Crippen LogP contribution in [0.1, 0.15) is 4.88 Å². The lowest BCUT2D eigenvalue weighted by atomic mass is 10.3. The van der Waals surface area contributed by atoms with Gasteiger partial charge < -0.3 is 0 Å². The zero-order valence-electron chi connectivity index (χ0n) is 13.1. The zero-order valence-corrected chi connectivity index (χ0v) is 16.3. The monoisotopic (exact) mass is 409 g/mol. The van der Waals surface area contributed by atoms with Gasteiger partial charge in [-0.2, -0.15) is 4.68 Å². The van der Waals surface area contributed by atoms with Crippen LogP contribution in [0.15, 0.2) is 44.7 Å². The Balaban J connectivity index is 1.69. The van der Waals surface area contributed by atoms with E-state index < -0.39 is 9.84 Å². The Labute approximate surface area is 155 Å². The minimum atomic E-state index is -3.24. The maximum atomic E-state index is 11.7. The van der Waals surface area contributed by atoms with Crippen molar-refractivity contribution < 1.29 is 8.42 Å². The zero-order chi connectivity index (χ0) is 17.6. The number of aryl methyl sites for hydroxylation is 1. The van der Waals surface area contributed by atoms with E-state index in [0.29, 0.717) is 10.1 Å². The van der Waals surface area contributed by atoms with Gasteiger partial charge in [0.05, 0.1) is 15.1 Å².